The number of sulfonamides is 1. The molecule has 6 nitrogen and oxygen atoms in total. The Morgan fingerprint density at radius 3 is 2.85 bits per heavy atom. The Morgan fingerprint density at radius 2 is 2.15 bits per heavy atom. The quantitative estimate of drug-likeness (QED) is 0.845. The predicted octanol–water partition coefficient (Wildman–Crippen LogP) is 3.10. The summed E-state index contributed by atoms with van der Waals surface area (Å²) in [5.74, 6) is 0.0199. The molecule has 0 aliphatic carbocycles. The van der Waals surface area contributed by atoms with Crippen LogP contribution in [0.1, 0.15) is 18.4 Å². The summed E-state index contributed by atoms with van der Waals surface area (Å²) in [7, 11) is -1.98. The summed E-state index contributed by atoms with van der Waals surface area (Å²) in [6, 6.07) is 8.88. The van der Waals surface area contributed by atoms with Gasteiger partial charge < -0.3 is 10.1 Å². The Bertz CT molecular complexity index is 879. The van der Waals surface area contributed by atoms with Crippen molar-refractivity contribution in [1.82, 2.24) is 4.31 Å². The zero-order valence-corrected chi connectivity index (χ0v) is 16.4. The summed E-state index contributed by atoms with van der Waals surface area (Å²) in [4.78, 5) is 12.7. The van der Waals surface area contributed by atoms with Gasteiger partial charge in [0.15, 0.2) is 0 Å². The number of rotatable bonds is 5. The SMILES string of the molecule is COc1ccc(C)cc1NC(=O)[C@H]1CCCN(S(=O)(=O)c2cccs2)C1. The molecule has 3 rings (SSSR count). The summed E-state index contributed by atoms with van der Waals surface area (Å²) < 4.78 is 32.4. The first-order valence-corrected chi connectivity index (χ1v) is 10.7. The Balaban J connectivity index is 1.74. The summed E-state index contributed by atoms with van der Waals surface area (Å²) in [6.07, 6.45) is 1.32. The van der Waals surface area contributed by atoms with E-state index in [4.69, 9.17) is 4.74 Å². The van der Waals surface area contributed by atoms with Crippen molar-refractivity contribution < 1.29 is 17.9 Å². The van der Waals surface area contributed by atoms with Crippen LogP contribution < -0.4 is 10.1 Å². The maximum absolute atomic E-state index is 12.7. The number of carbonyl (C=O) groups is 1. The van der Waals surface area contributed by atoms with E-state index in [1.165, 1.54) is 15.6 Å². The van der Waals surface area contributed by atoms with Crippen molar-refractivity contribution >= 4 is 33.0 Å². The third kappa shape index (κ3) is 3.92. The van der Waals surface area contributed by atoms with Crippen LogP contribution in [0.2, 0.25) is 0 Å². The number of thiophene rings is 1. The first-order chi connectivity index (χ1) is 12.4. The van der Waals surface area contributed by atoms with E-state index in [1.807, 2.05) is 19.1 Å². The van der Waals surface area contributed by atoms with Gasteiger partial charge in [-0.25, -0.2) is 8.42 Å². The maximum atomic E-state index is 12.7. The van der Waals surface area contributed by atoms with Gasteiger partial charge in [-0.3, -0.25) is 4.79 Å². The lowest BCUT2D eigenvalue weighted by atomic mass is 9.98. The second-order valence-electron chi connectivity index (χ2n) is 6.33. The van der Waals surface area contributed by atoms with E-state index < -0.39 is 10.0 Å². The van der Waals surface area contributed by atoms with E-state index in [0.29, 0.717) is 35.0 Å². The van der Waals surface area contributed by atoms with Gasteiger partial charge in [-0.1, -0.05) is 12.1 Å². The summed E-state index contributed by atoms with van der Waals surface area (Å²) in [5.41, 5.74) is 1.61. The van der Waals surface area contributed by atoms with Gasteiger partial charge in [0.1, 0.15) is 9.96 Å². The first kappa shape index (κ1) is 18.9. The van der Waals surface area contributed by atoms with Crippen molar-refractivity contribution in [3.63, 3.8) is 0 Å². The smallest absolute Gasteiger partial charge is 0.252 e. The Labute approximate surface area is 157 Å². The largest absolute Gasteiger partial charge is 0.495 e. The topological polar surface area (TPSA) is 75.7 Å². The average molecular weight is 395 g/mol. The number of methoxy groups -OCH3 is 1. The van der Waals surface area contributed by atoms with Gasteiger partial charge in [0.05, 0.1) is 18.7 Å². The molecule has 0 spiro atoms. The van der Waals surface area contributed by atoms with E-state index in [1.54, 1.807) is 30.7 Å². The number of carbonyl (C=O) groups excluding carboxylic acids is 1. The molecule has 1 aromatic carbocycles. The molecule has 1 saturated heterocycles. The van der Waals surface area contributed by atoms with Crippen LogP contribution in [0.3, 0.4) is 0 Å². The fourth-order valence-electron chi connectivity index (χ4n) is 3.07. The van der Waals surface area contributed by atoms with E-state index in [2.05, 4.69) is 5.32 Å². The highest BCUT2D eigenvalue weighted by Gasteiger charge is 2.34. The lowest BCUT2D eigenvalue weighted by Crippen LogP contribution is -2.43. The van der Waals surface area contributed by atoms with Crippen LogP contribution in [-0.4, -0.2) is 38.8 Å². The average Bonchev–Trinajstić information content (AvgIpc) is 3.17. The van der Waals surface area contributed by atoms with Crippen LogP contribution in [0.15, 0.2) is 39.9 Å². The lowest BCUT2D eigenvalue weighted by Gasteiger charge is -2.30. The Hall–Kier alpha value is -1.90. The molecule has 140 valence electrons. The Kier molecular flexibility index (Phi) is 5.64. The molecular weight excluding hydrogens is 372 g/mol. The van der Waals surface area contributed by atoms with Crippen molar-refractivity contribution in [2.24, 2.45) is 5.92 Å². The molecule has 8 heteroatoms. The van der Waals surface area contributed by atoms with Crippen molar-refractivity contribution in [1.29, 1.82) is 0 Å². The molecule has 26 heavy (non-hydrogen) atoms. The van der Waals surface area contributed by atoms with Gasteiger partial charge in [-0.05, 0) is 48.9 Å². The number of piperidine rings is 1. The number of aryl methyl sites for hydroxylation is 1. The van der Waals surface area contributed by atoms with Crippen molar-refractivity contribution in [2.75, 3.05) is 25.5 Å². The molecule has 1 atom stereocenters. The molecule has 0 unspecified atom stereocenters. The van der Waals surface area contributed by atoms with Gasteiger partial charge in [0.25, 0.3) is 10.0 Å². The number of hydrogen-bond donors (Lipinski definition) is 1. The molecule has 1 aliphatic rings. The fraction of sp³-hybridized carbons (Fsp3) is 0.389. The minimum absolute atomic E-state index is 0.181. The number of amides is 1. The highest BCUT2D eigenvalue weighted by molar-refractivity contribution is 7.91. The van der Waals surface area contributed by atoms with Gasteiger partial charge >= 0.3 is 0 Å². The highest BCUT2D eigenvalue weighted by atomic mass is 32.2. The van der Waals surface area contributed by atoms with Crippen LogP contribution >= 0.6 is 11.3 Å². The molecule has 1 N–H and O–H groups in total. The molecule has 1 fully saturated rings. The van der Waals surface area contributed by atoms with Crippen molar-refractivity contribution in [3.8, 4) is 5.75 Å². The van der Waals surface area contributed by atoms with Gasteiger partial charge in [-0.2, -0.15) is 4.31 Å². The van der Waals surface area contributed by atoms with Crippen LogP contribution in [-0.2, 0) is 14.8 Å². The number of nitrogens with one attached hydrogen (secondary N) is 1. The van der Waals surface area contributed by atoms with Gasteiger partial charge in [0.2, 0.25) is 5.91 Å². The molecule has 2 aromatic rings. The second kappa shape index (κ2) is 7.77. The molecule has 1 aromatic heterocycles. The van der Waals surface area contributed by atoms with Gasteiger partial charge in [-0.15, -0.1) is 11.3 Å². The maximum Gasteiger partial charge on any atom is 0.252 e. The third-order valence-corrected chi connectivity index (χ3v) is 7.70. The van der Waals surface area contributed by atoms with E-state index >= 15 is 0 Å². The van der Waals surface area contributed by atoms with Crippen LogP contribution in [0, 0.1) is 12.8 Å². The molecule has 1 aliphatic heterocycles. The monoisotopic (exact) mass is 394 g/mol. The number of nitrogens with zero attached hydrogens (tertiary/aromatic N) is 1. The minimum atomic E-state index is -3.53. The number of anilines is 1. The number of benzene rings is 1. The first-order valence-electron chi connectivity index (χ1n) is 8.41. The van der Waals surface area contributed by atoms with Crippen LogP contribution in [0.25, 0.3) is 0 Å². The fourth-order valence-corrected chi connectivity index (χ4v) is 5.73. The summed E-state index contributed by atoms with van der Waals surface area (Å²) in [6.45, 7) is 2.57. The molecule has 1 amide bonds. The molecule has 0 radical (unpaired) electrons. The zero-order valence-electron chi connectivity index (χ0n) is 14.8. The summed E-state index contributed by atoms with van der Waals surface area (Å²) >= 11 is 1.20. The Morgan fingerprint density at radius 1 is 1.35 bits per heavy atom. The zero-order chi connectivity index (χ0) is 18.7. The summed E-state index contributed by atoms with van der Waals surface area (Å²) in [5, 5.41) is 4.64. The number of ether oxygens (including phenoxy) is 1. The lowest BCUT2D eigenvalue weighted by molar-refractivity contribution is -0.120. The number of hydrogen-bond acceptors (Lipinski definition) is 5. The molecule has 0 saturated carbocycles. The normalized spacial score (nSPS) is 18.5. The van der Waals surface area contributed by atoms with Crippen LogP contribution in [0.5, 0.6) is 5.75 Å². The third-order valence-electron chi connectivity index (χ3n) is 4.46. The standard InChI is InChI=1S/C18H22N2O4S2/c1-13-7-8-16(24-2)15(11-13)19-18(21)14-5-3-9-20(12-14)26(22,23)17-6-4-10-25-17/h4,6-8,10-11,14H,3,5,9,12H2,1-2H3,(H,19,21)/t14-/m0/s1. The molecule has 2 heterocycles. The van der Waals surface area contributed by atoms with Crippen LogP contribution in [0.4, 0.5) is 5.69 Å². The molecule has 0 bridgehead atoms. The van der Waals surface area contributed by atoms with E-state index in [0.717, 1.165) is 5.56 Å². The second-order valence-corrected chi connectivity index (χ2v) is 9.44. The van der Waals surface area contributed by atoms with E-state index in [-0.39, 0.29) is 18.4 Å². The van der Waals surface area contributed by atoms with Gasteiger partial charge in [0, 0.05) is 13.1 Å². The minimum Gasteiger partial charge on any atom is -0.495 e. The van der Waals surface area contributed by atoms with E-state index in [9.17, 15) is 13.2 Å². The van der Waals surface area contributed by atoms with Crippen molar-refractivity contribution in [2.45, 2.75) is 24.0 Å². The molecular formula is C18H22N2O4S2. The highest BCUT2D eigenvalue weighted by Crippen LogP contribution is 2.29. The predicted molar refractivity (Wildman–Crippen MR) is 102 cm³/mol. The van der Waals surface area contributed by atoms with Crippen molar-refractivity contribution in [3.05, 3.63) is 41.3 Å².